The van der Waals surface area contributed by atoms with Crippen LogP contribution in [0.3, 0.4) is 0 Å². The fourth-order valence-corrected chi connectivity index (χ4v) is 3.41. The summed E-state index contributed by atoms with van der Waals surface area (Å²) in [4.78, 5) is 26.0. The molecule has 0 unspecified atom stereocenters. The molecule has 0 saturated carbocycles. The lowest BCUT2D eigenvalue weighted by Crippen LogP contribution is -2.48. The molecule has 2 aliphatic rings. The van der Waals surface area contributed by atoms with Crippen LogP contribution in [0.1, 0.15) is 19.8 Å². The molecule has 3 rings (SSSR count). The quantitative estimate of drug-likeness (QED) is 0.813. The van der Waals surface area contributed by atoms with Crippen LogP contribution in [0.15, 0.2) is 22.7 Å². The zero-order chi connectivity index (χ0) is 17.2. The third-order valence-electron chi connectivity index (χ3n) is 4.69. The molecule has 2 amide bonds. The van der Waals surface area contributed by atoms with Gasteiger partial charge in [-0.2, -0.15) is 0 Å². The molecule has 130 valence electrons. The van der Waals surface area contributed by atoms with Gasteiger partial charge in [-0.15, -0.1) is 0 Å². The van der Waals surface area contributed by atoms with Gasteiger partial charge in [-0.25, -0.2) is 0 Å². The van der Waals surface area contributed by atoms with Crippen molar-refractivity contribution in [2.75, 3.05) is 37.7 Å². The Bertz CT molecular complexity index is 644. The number of hydrogen-bond acceptors (Lipinski definition) is 4. The molecule has 0 bridgehead atoms. The van der Waals surface area contributed by atoms with Crippen LogP contribution in [0.5, 0.6) is 5.75 Å². The maximum Gasteiger partial charge on any atom is 0.265 e. The second kappa shape index (κ2) is 7.11. The van der Waals surface area contributed by atoms with Crippen LogP contribution >= 0.6 is 15.9 Å². The third kappa shape index (κ3) is 3.89. The van der Waals surface area contributed by atoms with E-state index in [2.05, 4.69) is 33.5 Å². The van der Waals surface area contributed by atoms with Gasteiger partial charge in [-0.1, -0.05) is 22.9 Å². The summed E-state index contributed by atoms with van der Waals surface area (Å²) in [5.74, 6) is 0.272. The van der Waals surface area contributed by atoms with E-state index < -0.39 is 0 Å². The zero-order valence-electron chi connectivity index (χ0n) is 13.7. The van der Waals surface area contributed by atoms with Gasteiger partial charge in [0.2, 0.25) is 5.91 Å². The predicted molar refractivity (Wildman–Crippen MR) is 95.2 cm³/mol. The summed E-state index contributed by atoms with van der Waals surface area (Å²) in [6.07, 6.45) is 2.08. The Morgan fingerprint density at radius 1 is 1.42 bits per heavy atom. The number of benzene rings is 1. The highest BCUT2D eigenvalue weighted by Gasteiger charge is 2.30. The first-order chi connectivity index (χ1) is 11.5. The minimum Gasteiger partial charge on any atom is -0.482 e. The molecule has 2 N–H and O–H groups in total. The fraction of sp³-hybridized carbons (Fsp3) is 0.529. The van der Waals surface area contributed by atoms with E-state index in [0.717, 1.165) is 30.4 Å². The highest BCUT2D eigenvalue weighted by atomic mass is 79.9. The van der Waals surface area contributed by atoms with E-state index in [9.17, 15) is 9.59 Å². The minimum atomic E-state index is -0.201. The van der Waals surface area contributed by atoms with E-state index >= 15 is 0 Å². The first-order valence-corrected chi connectivity index (χ1v) is 8.96. The van der Waals surface area contributed by atoms with Gasteiger partial charge in [0.25, 0.3) is 5.91 Å². The predicted octanol–water partition coefficient (Wildman–Crippen LogP) is 1.68. The van der Waals surface area contributed by atoms with E-state index in [0.29, 0.717) is 18.0 Å². The van der Waals surface area contributed by atoms with Gasteiger partial charge >= 0.3 is 0 Å². The number of ether oxygens (including phenoxy) is 1. The molecule has 2 heterocycles. The van der Waals surface area contributed by atoms with E-state index in [1.165, 1.54) is 4.90 Å². The highest BCUT2D eigenvalue weighted by molar-refractivity contribution is 9.10. The van der Waals surface area contributed by atoms with Gasteiger partial charge in [-0.3, -0.25) is 14.5 Å². The lowest BCUT2D eigenvalue weighted by atomic mass is 9.81. The van der Waals surface area contributed by atoms with Gasteiger partial charge in [0, 0.05) is 11.0 Å². The Balaban J connectivity index is 1.63. The van der Waals surface area contributed by atoms with E-state index in [1.807, 2.05) is 12.1 Å². The largest absolute Gasteiger partial charge is 0.482 e. The number of amides is 2. The SMILES string of the molecule is CC1(CNC(=O)CN2C(=O)COc3cc(Br)ccc32)CCNCC1. The van der Waals surface area contributed by atoms with Crippen molar-refractivity contribution in [3.8, 4) is 5.75 Å². The summed E-state index contributed by atoms with van der Waals surface area (Å²) in [6.45, 7) is 4.78. The van der Waals surface area contributed by atoms with Gasteiger partial charge in [0.1, 0.15) is 12.3 Å². The van der Waals surface area contributed by atoms with Crippen molar-refractivity contribution in [2.45, 2.75) is 19.8 Å². The Morgan fingerprint density at radius 3 is 2.92 bits per heavy atom. The smallest absolute Gasteiger partial charge is 0.265 e. The van der Waals surface area contributed by atoms with Crippen molar-refractivity contribution in [3.05, 3.63) is 22.7 Å². The van der Waals surface area contributed by atoms with Crippen molar-refractivity contribution < 1.29 is 14.3 Å². The molecule has 0 aliphatic carbocycles. The molecule has 1 fully saturated rings. The number of hydrogen-bond donors (Lipinski definition) is 2. The van der Waals surface area contributed by atoms with Gasteiger partial charge < -0.3 is 15.4 Å². The summed E-state index contributed by atoms with van der Waals surface area (Å²) in [7, 11) is 0. The molecule has 0 spiro atoms. The van der Waals surface area contributed by atoms with E-state index in [1.54, 1.807) is 6.07 Å². The summed E-state index contributed by atoms with van der Waals surface area (Å²) in [5.41, 5.74) is 0.760. The standard InChI is InChI=1S/C17H22BrN3O3/c1-17(4-6-19-7-5-17)11-20-15(22)9-21-13-3-2-12(18)8-14(13)24-10-16(21)23/h2-3,8,19H,4-7,9-11H2,1H3,(H,20,22). The molecular formula is C17H22BrN3O3. The summed E-state index contributed by atoms with van der Waals surface area (Å²) in [5, 5.41) is 6.32. The van der Waals surface area contributed by atoms with Gasteiger partial charge in [-0.05, 0) is 49.5 Å². The van der Waals surface area contributed by atoms with E-state index in [4.69, 9.17) is 4.74 Å². The second-order valence-electron chi connectivity index (χ2n) is 6.72. The van der Waals surface area contributed by atoms with Crippen molar-refractivity contribution in [2.24, 2.45) is 5.41 Å². The van der Waals surface area contributed by atoms with Crippen molar-refractivity contribution in [1.29, 1.82) is 0 Å². The monoisotopic (exact) mass is 395 g/mol. The number of fused-ring (bicyclic) bond motifs is 1. The molecule has 0 aromatic heterocycles. The van der Waals surface area contributed by atoms with Crippen LogP contribution < -0.4 is 20.3 Å². The van der Waals surface area contributed by atoms with Crippen molar-refractivity contribution in [3.63, 3.8) is 0 Å². The van der Waals surface area contributed by atoms with Crippen LogP contribution in [0.2, 0.25) is 0 Å². The van der Waals surface area contributed by atoms with Crippen LogP contribution in [0, 0.1) is 5.41 Å². The number of nitrogens with zero attached hydrogens (tertiary/aromatic N) is 1. The van der Waals surface area contributed by atoms with Crippen molar-refractivity contribution in [1.82, 2.24) is 10.6 Å². The lowest BCUT2D eigenvalue weighted by molar-refractivity contribution is -0.125. The molecule has 24 heavy (non-hydrogen) atoms. The Labute approximate surface area is 150 Å². The molecule has 1 aromatic rings. The Kier molecular flexibility index (Phi) is 5.10. The van der Waals surface area contributed by atoms with Crippen LogP contribution in [0.25, 0.3) is 0 Å². The number of halogens is 1. The summed E-state index contributed by atoms with van der Waals surface area (Å²) < 4.78 is 6.31. The molecule has 1 aromatic carbocycles. The number of piperidine rings is 1. The average molecular weight is 396 g/mol. The topological polar surface area (TPSA) is 70.7 Å². The summed E-state index contributed by atoms with van der Waals surface area (Å²) >= 11 is 3.38. The minimum absolute atomic E-state index is 0.0190. The zero-order valence-corrected chi connectivity index (χ0v) is 15.3. The Morgan fingerprint density at radius 2 is 2.17 bits per heavy atom. The molecule has 7 heteroatoms. The van der Waals surface area contributed by atoms with Crippen molar-refractivity contribution >= 4 is 33.4 Å². The van der Waals surface area contributed by atoms with Crippen LogP contribution in [0.4, 0.5) is 5.69 Å². The first kappa shape index (κ1) is 17.2. The number of anilines is 1. The molecular weight excluding hydrogens is 374 g/mol. The van der Waals surface area contributed by atoms with E-state index in [-0.39, 0.29) is 30.4 Å². The fourth-order valence-electron chi connectivity index (χ4n) is 3.07. The maximum absolute atomic E-state index is 12.3. The van der Waals surface area contributed by atoms with Gasteiger partial charge in [0.15, 0.2) is 6.61 Å². The molecule has 2 aliphatic heterocycles. The number of rotatable bonds is 4. The summed E-state index contributed by atoms with van der Waals surface area (Å²) in [6, 6.07) is 5.43. The molecule has 6 nitrogen and oxygen atoms in total. The molecule has 0 atom stereocenters. The number of carbonyl (C=O) groups is 2. The van der Waals surface area contributed by atoms with Gasteiger partial charge in [0.05, 0.1) is 5.69 Å². The maximum atomic E-state index is 12.3. The third-order valence-corrected chi connectivity index (χ3v) is 5.18. The average Bonchev–Trinajstić information content (AvgIpc) is 2.56. The lowest BCUT2D eigenvalue weighted by Gasteiger charge is -2.34. The second-order valence-corrected chi connectivity index (χ2v) is 7.63. The Hall–Kier alpha value is -1.60. The number of nitrogens with one attached hydrogen (secondary N) is 2. The normalized spacial score (nSPS) is 19.4. The molecule has 1 saturated heterocycles. The first-order valence-electron chi connectivity index (χ1n) is 8.17. The molecule has 0 radical (unpaired) electrons. The number of carbonyl (C=O) groups excluding carboxylic acids is 2. The van der Waals surface area contributed by atoms with Crippen LogP contribution in [-0.4, -0.2) is 44.6 Å². The van der Waals surface area contributed by atoms with Crippen LogP contribution in [-0.2, 0) is 9.59 Å². The highest BCUT2D eigenvalue weighted by Crippen LogP contribution is 2.34.